The van der Waals surface area contributed by atoms with Crippen molar-refractivity contribution >= 4 is 23.7 Å². The molecule has 1 aliphatic carbocycles. The number of ketones is 1. The molecule has 0 saturated carbocycles. The molecule has 1 saturated heterocycles. The van der Waals surface area contributed by atoms with Gasteiger partial charge in [-0.1, -0.05) is 12.7 Å². The summed E-state index contributed by atoms with van der Waals surface area (Å²) in [5.74, 6) is -4.33. The fourth-order valence-electron chi connectivity index (χ4n) is 3.54. The SMILES string of the molecule is C=C1C(=O)OC2C=C(C)C(O)CC(=O)C(C)(O)C(OC(C)=O)C(OC(=O)C(C)=CC)C12. The topological polar surface area (TPSA) is 136 Å². The molecule has 0 amide bonds. The monoisotopic (exact) mass is 436 g/mol. The zero-order valence-corrected chi connectivity index (χ0v) is 18.2. The van der Waals surface area contributed by atoms with Gasteiger partial charge in [0, 0.05) is 24.5 Å². The Morgan fingerprint density at radius 1 is 1.29 bits per heavy atom. The second-order valence-electron chi connectivity index (χ2n) is 7.99. The molecule has 0 bridgehead atoms. The molecule has 2 N–H and O–H groups in total. The first-order valence-corrected chi connectivity index (χ1v) is 9.84. The van der Waals surface area contributed by atoms with Gasteiger partial charge in [0.2, 0.25) is 0 Å². The maximum atomic E-state index is 12.9. The van der Waals surface area contributed by atoms with Crippen LogP contribution in [-0.2, 0) is 33.4 Å². The highest BCUT2D eigenvalue weighted by Gasteiger charge is 2.56. The normalized spacial score (nSPS) is 34.4. The van der Waals surface area contributed by atoms with E-state index in [-0.39, 0.29) is 11.1 Å². The number of aliphatic hydroxyl groups is 2. The minimum atomic E-state index is -2.35. The molecule has 0 aromatic rings. The predicted molar refractivity (Wildman–Crippen MR) is 107 cm³/mol. The van der Waals surface area contributed by atoms with Crippen LogP contribution < -0.4 is 0 Å². The summed E-state index contributed by atoms with van der Waals surface area (Å²) in [7, 11) is 0. The van der Waals surface area contributed by atoms with E-state index in [1.165, 1.54) is 26.0 Å². The highest BCUT2D eigenvalue weighted by molar-refractivity contribution is 5.93. The largest absolute Gasteiger partial charge is 0.455 e. The first-order chi connectivity index (χ1) is 14.3. The van der Waals surface area contributed by atoms with Crippen LogP contribution in [0.15, 0.2) is 35.5 Å². The Morgan fingerprint density at radius 3 is 2.45 bits per heavy atom. The van der Waals surface area contributed by atoms with Crippen LogP contribution in [-0.4, -0.2) is 63.9 Å². The number of carbonyl (C=O) groups is 4. The highest BCUT2D eigenvalue weighted by atomic mass is 16.6. The molecule has 0 aromatic carbocycles. The van der Waals surface area contributed by atoms with Gasteiger partial charge in [-0.05, 0) is 39.3 Å². The molecule has 31 heavy (non-hydrogen) atoms. The Bertz CT molecular complexity index is 864. The molecule has 1 heterocycles. The highest BCUT2D eigenvalue weighted by Crippen LogP contribution is 2.39. The lowest BCUT2D eigenvalue weighted by atomic mass is 9.77. The van der Waals surface area contributed by atoms with Gasteiger partial charge < -0.3 is 24.4 Å². The molecule has 9 heteroatoms. The first kappa shape index (κ1) is 24.5. The van der Waals surface area contributed by atoms with Crippen LogP contribution in [0.1, 0.15) is 41.0 Å². The second kappa shape index (κ2) is 9.15. The summed E-state index contributed by atoms with van der Waals surface area (Å²) in [6.07, 6.45) is -3.02. The van der Waals surface area contributed by atoms with Crippen molar-refractivity contribution in [2.45, 2.75) is 71.1 Å². The fourth-order valence-corrected chi connectivity index (χ4v) is 3.54. The smallest absolute Gasteiger partial charge is 0.334 e. The van der Waals surface area contributed by atoms with Gasteiger partial charge in [0.25, 0.3) is 0 Å². The van der Waals surface area contributed by atoms with Crippen LogP contribution in [0.5, 0.6) is 0 Å². The first-order valence-electron chi connectivity index (χ1n) is 9.84. The Kier molecular flexibility index (Phi) is 7.23. The standard InChI is InChI=1S/C22H28O9/c1-7-10(2)20(26)31-18-17-12(4)21(27)30-15(17)8-11(3)14(24)9-16(25)22(6,28)19(18)29-13(5)23/h7-8,14-15,17-19,24,28H,4,9H2,1-3,5-6H3. The summed E-state index contributed by atoms with van der Waals surface area (Å²) >= 11 is 0. The summed E-state index contributed by atoms with van der Waals surface area (Å²) in [5, 5.41) is 21.5. The molecule has 2 aliphatic rings. The molecule has 0 radical (unpaired) electrons. The second-order valence-corrected chi connectivity index (χ2v) is 7.99. The number of rotatable bonds is 3. The lowest BCUT2D eigenvalue weighted by molar-refractivity contribution is -0.195. The molecule has 6 unspecified atom stereocenters. The van der Waals surface area contributed by atoms with E-state index in [2.05, 4.69) is 6.58 Å². The fraction of sp³-hybridized carbons (Fsp3) is 0.545. The maximum absolute atomic E-state index is 12.9. The minimum absolute atomic E-state index is 0.0829. The molecular weight excluding hydrogens is 408 g/mol. The van der Waals surface area contributed by atoms with E-state index in [0.29, 0.717) is 5.57 Å². The van der Waals surface area contributed by atoms with Gasteiger partial charge in [0.15, 0.2) is 23.6 Å². The van der Waals surface area contributed by atoms with E-state index in [4.69, 9.17) is 14.2 Å². The van der Waals surface area contributed by atoms with Gasteiger partial charge in [0.1, 0.15) is 6.10 Å². The van der Waals surface area contributed by atoms with Crippen molar-refractivity contribution in [3.8, 4) is 0 Å². The summed E-state index contributed by atoms with van der Waals surface area (Å²) < 4.78 is 16.2. The van der Waals surface area contributed by atoms with Crippen LogP contribution in [0.25, 0.3) is 0 Å². The number of hydrogen-bond donors (Lipinski definition) is 2. The lowest BCUT2D eigenvalue weighted by Gasteiger charge is -2.39. The van der Waals surface area contributed by atoms with Crippen LogP contribution in [0, 0.1) is 5.92 Å². The number of fused-ring (bicyclic) bond motifs is 1. The maximum Gasteiger partial charge on any atom is 0.334 e. The van der Waals surface area contributed by atoms with Gasteiger partial charge in [-0.3, -0.25) is 9.59 Å². The molecule has 170 valence electrons. The van der Waals surface area contributed by atoms with Gasteiger partial charge in [0.05, 0.1) is 12.0 Å². The van der Waals surface area contributed by atoms with E-state index in [9.17, 15) is 29.4 Å². The van der Waals surface area contributed by atoms with E-state index in [1.54, 1.807) is 6.92 Å². The van der Waals surface area contributed by atoms with Crippen molar-refractivity contribution in [3.05, 3.63) is 35.5 Å². The lowest BCUT2D eigenvalue weighted by Crippen LogP contribution is -2.59. The number of Topliss-reactive ketones (excluding diaryl/α,β-unsaturated/α-hetero) is 1. The number of aliphatic hydroxyl groups excluding tert-OH is 1. The van der Waals surface area contributed by atoms with Gasteiger partial charge in [-0.2, -0.15) is 0 Å². The number of allylic oxidation sites excluding steroid dienone is 1. The predicted octanol–water partition coefficient (Wildman–Crippen LogP) is 0.925. The summed E-state index contributed by atoms with van der Waals surface area (Å²) in [6.45, 7) is 10.5. The van der Waals surface area contributed by atoms with Crippen molar-refractivity contribution in [2.75, 3.05) is 0 Å². The quantitative estimate of drug-likeness (QED) is 0.286. The van der Waals surface area contributed by atoms with E-state index in [1.807, 2.05) is 0 Å². The van der Waals surface area contributed by atoms with Crippen molar-refractivity contribution in [1.29, 1.82) is 0 Å². The Morgan fingerprint density at radius 2 is 1.90 bits per heavy atom. The van der Waals surface area contributed by atoms with Crippen LogP contribution >= 0.6 is 0 Å². The van der Waals surface area contributed by atoms with Crippen LogP contribution in [0.3, 0.4) is 0 Å². The van der Waals surface area contributed by atoms with E-state index < -0.39 is 66.0 Å². The Labute approximate surface area is 180 Å². The Hall–Kier alpha value is -2.78. The van der Waals surface area contributed by atoms with Crippen molar-refractivity contribution in [1.82, 2.24) is 0 Å². The number of hydrogen-bond acceptors (Lipinski definition) is 9. The molecule has 0 spiro atoms. The van der Waals surface area contributed by atoms with Gasteiger partial charge in [-0.25, -0.2) is 9.59 Å². The molecule has 9 nitrogen and oxygen atoms in total. The van der Waals surface area contributed by atoms with Gasteiger partial charge >= 0.3 is 17.9 Å². The van der Waals surface area contributed by atoms with E-state index in [0.717, 1.165) is 13.8 Å². The third-order valence-corrected chi connectivity index (χ3v) is 5.66. The number of esters is 3. The molecule has 2 rings (SSSR count). The average Bonchev–Trinajstić information content (AvgIpc) is 2.95. The van der Waals surface area contributed by atoms with E-state index >= 15 is 0 Å². The number of ether oxygens (including phenoxy) is 3. The average molecular weight is 436 g/mol. The third kappa shape index (κ3) is 4.94. The van der Waals surface area contributed by atoms with Crippen LogP contribution in [0.4, 0.5) is 0 Å². The molecule has 1 fully saturated rings. The minimum Gasteiger partial charge on any atom is -0.455 e. The zero-order chi connectivity index (χ0) is 23.7. The van der Waals surface area contributed by atoms with Crippen molar-refractivity contribution in [3.63, 3.8) is 0 Å². The third-order valence-electron chi connectivity index (χ3n) is 5.66. The molecule has 6 atom stereocenters. The molecule has 1 aliphatic heterocycles. The summed E-state index contributed by atoms with van der Waals surface area (Å²) in [4.78, 5) is 49.6. The zero-order valence-electron chi connectivity index (χ0n) is 18.2. The molecule has 0 aromatic heterocycles. The van der Waals surface area contributed by atoms with Crippen LogP contribution in [0.2, 0.25) is 0 Å². The summed E-state index contributed by atoms with van der Waals surface area (Å²) in [5.41, 5.74) is -1.89. The van der Waals surface area contributed by atoms with Gasteiger partial charge in [-0.15, -0.1) is 0 Å². The van der Waals surface area contributed by atoms with Crippen molar-refractivity contribution < 1.29 is 43.6 Å². The molecular formula is C22H28O9. The summed E-state index contributed by atoms with van der Waals surface area (Å²) in [6, 6.07) is 0. The Balaban J connectivity index is 2.73. The van der Waals surface area contributed by atoms with Crippen molar-refractivity contribution in [2.24, 2.45) is 5.92 Å². The number of carbonyl (C=O) groups excluding carboxylic acids is 4.